The highest BCUT2D eigenvalue weighted by molar-refractivity contribution is 5.58. The number of aromatic nitrogens is 2. The van der Waals surface area contributed by atoms with E-state index in [1.165, 1.54) is 6.92 Å². The van der Waals surface area contributed by atoms with E-state index in [1.807, 2.05) is 13.0 Å². The first-order valence-electron chi connectivity index (χ1n) is 5.65. The molecule has 0 atom stereocenters. The average Bonchev–Trinajstić information content (AvgIpc) is 2.36. The molecule has 5 heteroatoms. The molecule has 0 spiro atoms. The molecule has 0 saturated carbocycles. The number of hydrogen-bond donors (Lipinski definition) is 2. The Balaban J connectivity index is 2.48. The van der Waals surface area contributed by atoms with E-state index in [0.717, 1.165) is 0 Å². The molecule has 2 aromatic rings. The Kier molecular flexibility index (Phi) is 3.32. The van der Waals surface area contributed by atoms with Crippen molar-refractivity contribution >= 4 is 0 Å². The van der Waals surface area contributed by atoms with Crippen LogP contribution in [0.15, 0.2) is 29.1 Å². The Bertz CT molecular complexity index is 620. The number of hydrogen-bond acceptors (Lipinski definition) is 4. The van der Waals surface area contributed by atoms with Crippen LogP contribution in [-0.2, 0) is 0 Å². The van der Waals surface area contributed by atoms with E-state index >= 15 is 0 Å². The largest absolute Gasteiger partial charge is 0.494 e. The lowest BCUT2D eigenvalue weighted by molar-refractivity contribution is 0.340. The lowest BCUT2D eigenvalue weighted by atomic mass is 10.2. The second-order valence-electron chi connectivity index (χ2n) is 3.82. The first-order valence-corrected chi connectivity index (χ1v) is 5.65. The molecule has 0 saturated heterocycles. The average molecular weight is 246 g/mol. The molecule has 94 valence electrons. The molecule has 0 unspecified atom stereocenters. The highest BCUT2D eigenvalue weighted by Crippen LogP contribution is 2.21. The molecular formula is C13H14N2O3. The summed E-state index contributed by atoms with van der Waals surface area (Å²) in [5, 5.41) is 9.55. The highest BCUT2D eigenvalue weighted by Gasteiger charge is 2.08. The maximum Gasteiger partial charge on any atom is 0.257 e. The number of nitrogens with one attached hydrogen (secondary N) is 1. The van der Waals surface area contributed by atoms with Crippen LogP contribution in [0.4, 0.5) is 0 Å². The van der Waals surface area contributed by atoms with Gasteiger partial charge < -0.3 is 14.8 Å². The van der Waals surface area contributed by atoms with E-state index in [2.05, 4.69) is 9.97 Å². The van der Waals surface area contributed by atoms with Crippen LogP contribution in [0.2, 0.25) is 0 Å². The zero-order chi connectivity index (χ0) is 13.1. The molecule has 1 heterocycles. The maximum absolute atomic E-state index is 11.6. The van der Waals surface area contributed by atoms with Crippen molar-refractivity contribution in [2.24, 2.45) is 0 Å². The zero-order valence-corrected chi connectivity index (χ0v) is 10.2. The number of nitrogens with zero attached hydrogens (tertiary/aromatic N) is 1. The first kappa shape index (κ1) is 12.2. The van der Waals surface area contributed by atoms with Crippen LogP contribution in [0.5, 0.6) is 11.6 Å². The quantitative estimate of drug-likeness (QED) is 0.866. The van der Waals surface area contributed by atoms with Crippen LogP contribution < -0.4 is 10.3 Å². The van der Waals surface area contributed by atoms with E-state index < -0.39 is 0 Å². The molecule has 0 fully saturated rings. The molecule has 1 aromatic heterocycles. The number of rotatable bonds is 3. The van der Waals surface area contributed by atoms with Gasteiger partial charge in [0.15, 0.2) is 0 Å². The monoisotopic (exact) mass is 246 g/mol. The SMILES string of the molecule is CCOc1cccc(-c2nc(O)c(C)c(=O)[nH]2)c1. The van der Waals surface area contributed by atoms with E-state index in [0.29, 0.717) is 23.7 Å². The summed E-state index contributed by atoms with van der Waals surface area (Å²) in [6.07, 6.45) is 0. The molecule has 0 amide bonds. The number of H-pyrrole nitrogens is 1. The van der Waals surface area contributed by atoms with Gasteiger partial charge in [-0.2, -0.15) is 4.98 Å². The Morgan fingerprint density at radius 1 is 1.44 bits per heavy atom. The summed E-state index contributed by atoms with van der Waals surface area (Å²) in [6, 6.07) is 7.17. The molecule has 2 rings (SSSR count). The van der Waals surface area contributed by atoms with Crippen LogP contribution in [-0.4, -0.2) is 21.7 Å². The van der Waals surface area contributed by atoms with Crippen molar-refractivity contribution in [2.45, 2.75) is 13.8 Å². The van der Waals surface area contributed by atoms with Crippen LogP contribution in [0.25, 0.3) is 11.4 Å². The van der Waals surface area contributed by atoms with E-state index in [9.17, 15) is 9.90 Å². The van der Waals surface area contributed by atoms with Gasteiger partial charge in [-0.25, -0.2) is 0 Å². The van der Waals surface area contributed by atoms with Crippen molar-refractivity contribution in [3.05, 3.63) is 40.2 Å². The second-order valence-corrected chi connectivity index (χ2v) is 3.82. The minimum absolute atomic E-state index is 0.208. The Hall–Kier alpha value is -2.30. The van der Waals surface area contributed by atoms with Gasteiger partial charge in [0.05, 0.1) is 12.2 Å². The number of ether oxygens (including phenoxy) is 1. The minimum Gasteiger partial charge on any atom is -0.494 e. The van der Waals surface area contributed by atoms with E-state index in [4.69, 9.17) is 4.74 Å². The van der Waals surface area contributed by atoms with Gasteiger partial charge in [-0.15, -0.1) is 0 Å². The van der Waals surface area contributed by atoms with Gasteiger partial charge in [0.25, 0.3) is 5.56 Å². The molecule has 5 nitrogen and oxygen atoms in total. The van der Waals surface area contributed by atoms with Crippen LogP contribution in [0.1, 0.15) is 12.5 Å². The molecule has 0 bridgehead atoms. The summed E-state index contributed by atoms with van der Waals surface area (Å²) in [5.74, 6) is 0.762. The van der Waals surface area contributed by atoms with Crippen molar-refractivity contribution < 1.29 is 9.84 Å². The Morgan fingerprint density at radius 2 is 2.22 bits per heavy atom. The third-order valence-electron chi connectivity index (χ3n) is 2.54. The first-order chi connectivity index (χ1) is 8.61. The molecule has 0 aliphatic rings. The van der Waals surface area contributed by atoms with E-state index in [1.54, 1.807) is 18.2 Å². The van der Waals surface area contributed by atoms with Gasteiger partial charge in [-0.3, -0.25) is 4.79 Å². The topological polar surface area (TPSA) is 75.2 Å². The van der Waals surface area contributed by atoms with E-state index in [-0.39, 0.29) is 17.0 Å². The maximum atomic E-state index is 11.6. The zero-order valence-electron chi connectivity index (χ0n) is 10.2. The lowest BCUT2D eigenvalue weighted by Crippen LogP contribution is -2.12. The molecule has 18 heavy (non-hydrogen) atoms. The summed E-state index contributed by atoms with van der Waals surface area (Å²) in [4.78, 5) is 18.1. The summed E-state index contributed by atoms with van der Waals surface area (Å²) in [7, 11) is 0. The predicted octanol–water partition coefficient (Wildman–Crippen LogP) is 1.85. The van der Waals surface area contributed by atoms with Crippen molar-refractivity contribution in [3.63, 3.8) is 0 Å². The Morgan fingerprint density at radius 3 is 2.89 bits per heavy atom. The summed E-state index contributed by atoms with van der Waals surface area (Å²) < 4.78 is 5.37. The van der Waals surface area contributed by atoms with Crippen LogP contribution >= 0.6 is 0 Å². The fraction of sp³-hybridized carbons (Fsp3) is 0.231. The van der Waals surface area contributed by atoms with Crippen LogP contribution in [0.3, 0.4) is 0 Å². The number of aromatic hydroxyl groups is 1. The van der Waals surface area contributed by atoms with Gasteiger partial charge in [0.1, 0.15) is 11.6 Å². The van der Waals surface area contributed by atoms with Crippen molar-refractivity contribution in [1.82, 2.24) is 9.97 Å². The van der Waals surface area contributed by atoms with Gasteiger partial charge in [0, 0.05) is 5.56 Å². The summed E-state index contributed by atoms with van der Waals surface area (Å²) in [5.41, 5.74) is 0.548. The minimum atomic E-state index is -0.348. The lowest BCUT2D eigenvalue weighted by Gasteiger charge is -2.06. The molecule has 1 aromatic carbocycles. The van der Waals surface area contributed by atoms with Crippen molar-refractivity contribution in [3.8, 4) is 23.0 Å². The van der Waals surface area contributed by atoms with Gasteiger partial charge in [0.2, 0.25) is 5.88 Å². The predicted molar refractivity (Wildman–Crippen MR) is 67.9 cm³/mol. The number of benzene rings is 1. The second kappa shape index (κ2) is 4.91. The summed E-state index contributed by atoms with van der Waals surface area (Å²) in [6.45, 7) is 3.97. The third kappa shape index (κ3) is 2.34. The molecule has 0 aliphatic carbocycles. The van der Waals surface area contributed by atoms with Gasteiger partial charge in [-0.1, -0.05) is 12.1 Å². The van der Waals surface area contributed by atoms with Gasteiger partial charge in [-0.05, 0) is 26.0 Å². The molecule has 2 N–H and O–H groups in total. The third-order valence-corrected chi connectivity index (χ3v) is 2.54. The summed E-state index contributed by atoms with van der Waals surface area (Å²) >= 11 is 0. The van der Waals surface area contributed by atoms with Crippen LogP contribution in [0, 0.1) is 6.92 Å². The normalized spacial score (nSPS) is 10.3. The van der Waals surface area contributed by atoms with Gasteiger partial charge >= 0.3 is 0 Å². The molecule has 0 radical (unpaired) electrons. The molecular weight excluding hydrogens is 232 g/mol. The fourth-order valence-electron chi connectivity index (χ4n) is 1.56. The van der Waals surface area contributed by atoms with Crippen molar-refractivity contribution in [2.75, 3.05) is 6.61 Å². The van der Waals surface area contributed by atoms with Crippen molar-refractivity contribution in [1.29, 1.82) is 0 Å². The smallest absolute Gasteiger partial charge is 0.257 e. The highest BCUT2D eigenvalue weighted by atomic mass is 16.5. The Labute approximate surface area is 104 Å². The standard InChI is InChI=1S/C13H14N2O3/c1-3-18-10-6-4-5-9(7-10)11-14-12(16)8(2)13(17)15-11/h4-7H,3H2,1-2H3,(H2,14,15,16,17). The number of aromatic amines is 1. The fourth-order valence-corrected chi connectivity index (χ4v) is 1.56. The molecule has 0 aliphatic heterocycles.